The highest BCUT2D eigenvalue weighted by molar-refractivity contribution is 5.67. The van der Waals surface area contributed by atoms with Crippen LogP contribution in [0.15, 0.2) is 36.7 Å². The van der Waals surface area contributed by atoms with E-state index in [1.807, 2.05) is 24.3 Å². The van der Waals surface area contributed by atoms with Crippen molar-refractivity contribution in [3.05, 3.63) is 47.8 Å². The van der Waals surface area contributed by atoms with Gasteiger partial charge in [-0.1, -0.05) is 51.7 Å². The van der Waals surface area contributed by atoms with Gasteiger partial charge in [0.15, 0.2) is 0 Å². The summed E-state index contributed by atoms with van der Waals surface area (Å²) in [4.78, 5) is 21.5. The lowest BCUT2D eigenvalue weighted by molar-refractivity contribution is -0.0668. The first-order valence-electron chi connectivity index (χ1n) is 11.6. The summed E-state index contributed by atoms with van der Waals surface area (Å²) in [6.45, 7) is 6.75. The second-order valence-corrected chi connectivity index (χ2v) is 8.92. The molecule has 0 radical (unpaired) electrons. The second kappa shape index (κ2) is 9.96. The van der Waals surface area contributed by atoms with Crippen LogP contribution < -0.4 is 9.47 Å². The van der Waals surface area contributed by atoms with Crippen LogP contribution in [0.4, 0.5) is 4.79 Å². The van der Waals surface area contributed by atoms with Crippen molar-refractivity contribution >= 4 is 6.16 Å². The van der Waals surface area contributed by atoms with Crippen LogP contribution in [0.25, 0.3) is 0 Å². The minimum atomic E-state index is -0.832. The molecule has 172 valence electrons. The Morgan fingerprint density at radius 1 is 0.844 bits per heavy atom. The number of hydrogen-bond donors (Lipinski definition) is 0. The number of rotatable bonds is 10. The molecule has 2 aliphatic rings. The van der Waals surface area contributed by atoms with Gasteiger partial charge in [0.2, 0.25) is 11.8 Å². The summed E-state index contributed by atoms with van der Waals surface area (Å²) < 4.78 is 22.3. The first kappa shape index (κ1) is 22.7. The minimum absolute atomic E-state index is 0.163. The summed E-state index contributed by atoms with van der Waals surface area (Å²) >= 11 is 0. The van der Waals surface area contributed by atoms with Gasteiger partial charge in [-0.05, 0) is 25.0 Å². The predicted molar refractivity (Wildman–Crippen MR) is 119 cm³/mol. The van der Waals surface area contributed by atoms with E-state index < -0.39 is 6.16 Å². The number of carbonyl (C=O) groups excluding carboxylic acids is 1. The molecule has 4 rings (SSSR count). The minimum Gasteiger partial charge on any atom is -0.379 e. The molecule has 0 N–H and O–H groups in total. The first-order chi connectivity index (χ1) is 15.6. The molecule has 0 spiro atoms. The van der Waals surface area contributed by atoms with Gasteiger partial charge in [-0.25, -0.2) is 14.8 Å². The molecule has 0 unspecified atom stereocenters. The highest BCUT2D eigenvalue weighted by Gasteiger charge is 2.44. The molecular formula is C25H32N2O5. The third-order valence-corrected chi connectivity index (χ3v) is 6.58. The lowest BCUT2D eigenvalue weighted by atomic mass is 9.75. The Labute approximate surface area is 189 Å². The monoisotopic (exact) mass is 440 g/mol. The van der Waals surface area contributed by atoms with Gasteiger partial charge in [0, 0.05) is 34.4 Å². The molecule has 7 nitrogen and oxygen atoms in total. The molecule has 2 aromatic rings. The Balaban J connectivity index is 1.52. The van der Waals surface area contributed by atoms with Gasteiger partial charge in [0.1, 0.15) is 0 Å². The van der Waals surface area contributed by atoms with Gasteiger partial charge < -0.3 is 18.9 Å². The van der Waals surface area contributed by atoms with Crippen molar-refractivity contribution < 1.29 is 23.7 Å². The lowest BCUT2D eigenvalue weighted by Crippen LogP contribution is -2.47. The fourth-order valence-electron chi connectivity index (χ4n) is 4.53. The van der Waals surface area contributed by atoms with E-state index in [1.165, 1.54) is 0 Å². The Kier molecular flexibility index (Phi) is 7.06. The quantitative estimate of drug-likeness (QED) is 0.483. The summed E-state index contributed by atoms with van der Waals surface area (Å²) in [5, 5.41) is 0. The maximum Gasteiger partial charge on any atom is 0.522 e. The summed E-state index contributed by atoms with van der Waals surface area (Å²) in [6, 6.07) is 7.66. The molecule has 4 heterocycles. The second-order valence-electron chi connectivity index (χ2n) is 8.92. The molecule has 2 aromatic heterocycles. The zero-order chi connectivity index (χ0) is 22.4. The number of nitrogens with zero attached hydrogens (tertiary/aromatic N) is 2. The van der Waals surface area contributed by atoms with E-state index in [0.717, 1.165) is 49.7 Å². The van der Waals surface area contributed by atoms with Crippen LogP contribution in [0.2, 0.25) is 0 Å². The van der Waals surface area contributed by atoms with E-state index in [4.69, 9.17) is 18.9 Å². The summed E-state index contributed by atoms with van der Waals surface area (Å²) in [5.41, 5.74) is 1.46. The zero-order valence-corrected chi connectivity index (χ0v) is 19.0. The number of aromatic nitrogens is 2. The Morgan fingerprint density at radius 3 is 1.62 bits per heavy atom. The zero-order valence-electron chi connectivity index (χ0n) is 19.0. The first-order valence-corrected chi connectivity index (χ1v) is 11.6. The van der Waals surface area contributed by atoms with E-state index >= 15 is 0 Å². The highest BCUT2D eigenvalue weighted by Crippen LogP contribution is 2.42. The lowest BCUT2D eigenvalue weighted by Gasteiger charge is -2.42. The van der Waals surface area contributed by atoms with Gasteiger partial charge in [-0.2, -0.15) is 0 Å². The molecule has 0 bridgehead atoms. The van der Waals surface area contributed by atoms with E-state index in [-0.39, 0.29) is 22.6 Å². The van der Waals surface area contributed by atoms with Crippen molar-refractivity contribution in [1.82, 2.24) is 9.97 Å². The van der Waals surface area contributed by atoms with Crippen molar-refractivity contribution in [3.8, 4) is 11.8 Å². The third-order valence-electron chi connectivity index (χ3n) is 6.58. The molecule has 0 amide bonds. The van der Waals surface area contributed by atoms with Crippen molar-refractivity contribution in [3.63, 3.8) is 0 Å². The fourth-order valence-corrected chi connectivity index (χ4v) is 4.53. The average Bonchev–Trinajstić information content (AvgIpc) is 2.74. The molecular weight excluding hydrogens is 408 g/mol. The molecule has 2 saturated heterocycles. The number of ether oxygens (including phenoxy) is 4. The van der Waals surface area contributed by atoms with Crippen LogP contribution >= 0.6 is 0 Å². The molecule has 7 heteroatoms. The van der Waals surface area contributed by atoms with Crippen molar-refractivity contribution in [2.24, 2.45) is 0 Å². The van der Waals surface area contributed by atoms with Crippen LogP contribution in [-0.2, 0) is 20.3 Å². The molecule has 0 saturated carbocycles. The number of pyridine rings is 2. The number of hydrogen-bond acceptors (Lipinski definition) is 7. The number of carbonyl (C=O) groups is 1. The largest absolute Gasteiger partial charge is 0.522 e. The van der Waals surface area contributed by atoms with Crippen LogP contribution in [0.1, 0.15) is 63.5 Å². The highest BCUT2D eigenvalue weighted by atomic mass is 16.7. The molecule has 2 fully saturated rings. The fraction of sp³-hybridized carbons (Fsp3) is 0.560. The topological polar surface area (TPSA) is 79.8 Å². The van der Waals surface area contributed by atoms with Crippen LogP contribution in [0.5, 0.6) is 11.8 Å². The van der Waals surface area contributed by atoms with Gasteiger partial charge in [-0.15, -0.1) is 0 Å². The van der Waals surface area contributed by atoms with Crippen LogP contribution in [0.3, 0.4) is 0 Å². The van der Waals surface area contributed by atoms with E-state index in [1.54, 1.807) is 12.4 Å². The SMILES string of the molecule is CCCCC1(c2cccnc2OC(=O)Oc2ncccc2C2(CCCC)COC2)COC1. The molecule has 0 aliphatic carbocycles. The normalized spacial score (nSPS) is 18.3. The average molecular weight is 441 g/mol. The van der Waals surface area contributed by atoms with Gasteiger partial charge >= 0.3 is 6.16 Å². The summed E-state index contributed by atoms with van der Waals surface area (Å²) in [5.74, 6) is 0.559. The third kappa shape index (κ3) is 4.50. The molecule has 2 aliphatic heterocycles. The predicted octanol–water partition coefficient (Wildman–Crippen LogP) is 4.97. The smallest absolute Gasteiger partial charge is 0.379 e. The molecule has 0 atom stereocenters. The summed E-state index contributed by atoms with van der Waals surface area (Å²) in [6.07, 6.45) is 8.66. The van der Waals surface area contributed by atoms with Gasteiger partial charge in [0.25, 0.3) is 0 Å². The van der Waals surface area contributed by atoms with Crippen LogP contribution in [-0.4, -0.2) is 42.6 Å². The molecule has 32 heavy (non-hydrogen) atoms. The standard InChI is InChI=1S/C25H32N2O5/c1-3-5-11-24(15-29-16-24)19-9-7-13-26-21(19)31-23(28)32-22-20(10-8-14-27-22)25(12-6-4-2)17-30-18-25/h7-10,13-14H,3-6,11-12,15-18H2,1-2H3. The van der Waals surface area contributed by atoms with Gasteiger partial charge in [0.05, 0.1) is 26.4 Å². The van der Waals surface area contributed by atoms with E-state index in [0.29, 0.717) is 26.4 Å². The summed E-state index contributed by atoms with van der Waals surface area (Å²) in [7, 11) is 0. The maximum atomic E-state index is 12.8. The van der Waals surface area contributed by atoms with Crippen molar-refractivity contribution in [2.75, 3.05) is 26.4 Å². The van der Waals surface area contributed by atoms with Gasteiger partial charge in [-0.3, -0.25) is 0 Å². The van der Waals surface area contributed by atoms with Crippen molar-refractivity contribution in [1.29, 1.82) is 0 Å². The maximum absolute atomic E-state index is 12.8. The van der Waals surface area contributed by atoms with Crippen LogP contribution in [0, 0.1) is 0 Å². The Hall–Kier alpha value is -2.51. The van der Waals surface area contributed by atoms with E-state index in [2.05, 4.69) is 23.8 Å². The number of unbranched alkanes of at least 4 members (excludes halogenated alkanes) is 2. The Bertz CT molecular complexity index is 851. The Morgan fingerprint density at radius 2 is 1.28 bits per heavy atom. The molecule has 0 aromatic carbocycles. The van der Waals surface area contributed by atoms with Crippen molar-refractivity contribution in [2.45, 2.75) is 63.2 Å². The van der Waals surface area contributed by atoms with E-state index in [9.17, 15) is 4.79 Å².